The summed E-state index contributed by atoms with van der Waals surface area (Å²) in [6.07, 6.45) is 1.25. The molecule has 0 amide bonds. The highest BCUT2D eigenvalue weighted by Crippen LogP contribution is 2.14. The minimum atomic E-state index is 0.135. The summed E-state index contributed by atoms with van der Waals surface area (Å²) in [7, 11) is 1.61. The quantitative estimate of drug-likeness (QED) is 0.762. The molecule has 1 aliphatic heterocycles. The molecule has 1 aromatic rings. The number of rotatable bonds is 5. The number of methoxy groups -OCH3 is 1. The van der Waals surface area contributed by atoms with E-state index in [0.717, 1.165) is 25.3 Å². The van der Waals surface area contributed by atoms with Crippen LogP contribution < -0.4 is 4.74 Å². The molecule has 0 N–H and O–H groups in total. The van der Waals surface area contributed by atoms with Gasteiger partial charge in [-0.25, -0.2) is 0 Å². The Morgan fingerprint density at radius 3 is 3.11 bits per heavy atom. The van der Waals surface area contributed by atoms with Crippen LogP contribution in [0.2, 0.25) is 0 Å². The predicted molar refractivity (Wildman–Crippen MR) is 73.8 cm³/mol. The highest BCUT2D eigenvalue weighted by atomic mass is 16.5. The number of ether oxygens (including phenoxy) is 2. The van der Waals surface area contributed by atoms with Crippen LogP contribution in [0.3, 0.4) is 0 Å². The van der Waals surface area contributed by atoms with Crippen molar-refractivity contribution in [1.82, 2.24) is 4.90 Å². The van der Waals surface area contributed by atoms with E-state index in [1.54, 1.807) is 13.2 Å². The first-order chi connectivity index (χ1) is 9.22. The second kappa shape index (κ2) is 6.68. The summed E-state index contributed by atoms with van der Waals surface area (Å²) < 4.78 is 10.8. The van der Waals surface area contributed by atoms with Gasteiger partial charge in [0.15, 0.2) is 5.78 Å². The van der Waals surface area contributed by atoms with Crippen molar-refractivity contribution in [3.63, 3.8) is 0 Å². The standard InChI is InChI=1S/C15H21NO3/c1-3-13-10-16(7-8-19-13)11-15(17)12-5-4-6-14(9-12)18-2/h4-6,9,13H,3,7-8,10-11H2,1-2H3. The maximum absolute atomic E-state index is 12.2. The second-order valence-electron chi connectivity index (χ2n) is 4.79. The van der Waals surface area contributed by atoms with Crippen molar-refractivity contribution in [2.75, 3.05) is 33.4 Å². The van der Waals surface area contributed by atoms with Gasteiger partial charge in [0.25, 0.3) is 0 Å². The zero-order valence-corrected chi connectivity index (χ0v) is 11.6. The van der Waals surface area contributed by atoms with Crippen molar-refractivity contribution < 1.29 is 14.3 Å². The fourth-order valence-corrected chi connectivity index (χ4v) is 2.26. The first-order valence-electron chi connectivity index (χ1n) is 6.74. The Kier molecular flexibility index (Phi) is 4.93. The molecular formula is C15H21NO3. The van der Waals surface area contributed by atoms with E-state index in [0.29, 0.717) is 18.7 Å². The number of morpholine rings is 1. The van der Waals surface area contributed by atoms with E-state index in [-0.39, 0.29) is 11.9 Å². The van der Waals surface area contributed by atoms with E-state index in [1.807, 2.05) is 18.2 Å². The molecular weight excluding hydrogens is 242 g/mol. The first kappa shape index (κ1) is 14.0. The van der Waals surface area contributed by atoms with E-state index >= 15 is 0 Å². The molecule has 2 rings (SSSR count). The zero-order valence-electron chi connectivity index (χ0n) is 11.6. The highest BCUT2D eigenvalue weighted by molar-refractivity contribution is 5.97. The molecule has 0 aromatic heterocycles. The predicted octanol–water partition coefficient (Wildman–Crippen LogP) is 1.99. The molecule has 1 heterocycles. The molecule has 1 aromatic carbocycles. The second-order valence-corrected chi connectivity index (χ2v) is 4.79. The van der Waals surface area contributed by atoms with E-state index in [4.69, 9.17) is 9.47 Å². The molecule has 1 unspecified atom stereocenters. The summed E-state index contributed by atoms with van der Waals surface area (Å²) in [6.45, 7) is 4.94. The third-order valence-electron chi connectivity index (χ3n) is 3.44. The van der Waals surface area contributed by atoms with E-state index in [9.17, 15) is 4.79 Å². The van der Waals surface area contributed by atoms with Crippen molar-refractivity contribution in [3.8, 4) is 5.75 Å². The Hall–Kier alpha value is -1.39. The number of hydrogen-bond donors (Lipinski definition) is 0. The Labute approximate surface area is 114 Å². The zero-order chi connectivity index (χ0) is 13.7. The maximum Gasteiger partial charge on any atom is 0.176 e. The van der Waals surface area contributed by atoms with Gasteiger partial charge >= 0.3 is 0 Å². The van der Waals surface area contributed by atoms with Gasteiger partial charge in [0.2, 0.25) is 0 Å². The van der Waals surface area contributed by atoms with Gasteiger partial charge in [-0.05, 0) is 18.6 Å². The van der Waals surface area contributed by atoms with Crippen LogP contribution in [0.15, 0.2) is 24.3 Å². The molecule has 1 atom stereocenters. The Balaban J connectivity index is 1.96. The Morgan fingerprint density at radius 1 is 1.53 bits per heavy atom. The van der Waals surface area contributed by atoms with Gasteiger partial charge in [-0.2, -0.15) is 0 Å². The Bertz CT molecular complexity index is 433. The molecule has 1 saturated heterocycles. The van der Waals surface area contributed by atoms with Crippen LogP contribution in [0.1, 0.15) is 23.7 Å². The average Bonchev–Trinajstić information content (AvgIpc) is 2.47. The van der Waals surface area contributed by atoms with Gasteiger partial charge in [0.05, 0.1) is 26.4 Å². The third kappa shape index (κ3) is 3.78. The van der Waals surface area contributed by atoms with Gasteiger partial charge in [-0.3, -0.25) is 9.69 Å². The summed E-state index contributed by atoms with van der Waals surface area (Å²) in [4.78, 5) is 14.4. The van der Waals surface area contributed by atoms with Crippen LogP contribution in [0.4, 0.5) is 0 Å². The van der Waals surface area contributed by atoms with Gasteiger partial charge in [-0.15, -0.1) is 0 Å². The fourth-order valence-electron chi connectivity index (χ4n) is 2.26. The lowest BCUT2D eigenvalue weighted by molar-refractivity contribution is -0.0271. The molecule has 0 bridgehead atoms. The van der Waals surface area contributed by atoms with Crippen LogP contribution in [-0.2, 0) is 4.74 Å². The normalized spacial score (nSPS) is 20.2. The summed E-state index contributed by atoms with van der Waals surface area (Å²) in [5.74, 6) is 0.856. The summed E-state index contributed by atoms with van der Waals surface area (Å²) in [6, 6.07) is 7.32. The first-order valence-corrected chi connectivity index (χ1v) is 6.74. The number of ketones is 1. The van der Waals surface area contributed by atoms with Crippen LogP contribution in [-0.4, -0.2) is 50.1 Å². The maximum atomic E-state index is 12.2. The minimum Gasteiger partial charge on any atom is -0.497 e. The van der Waals surface area contributed by atoms with Gasteiger partial charge in [-0.1, -0.05) is 19.1 Å². The SMILES string of the molecule is CCC1CN(CC(=O)c2cccc(OC)c2)CCO1. The van der Waals surface area contributed by atoms with Crippen molar-refractivity contribution in [2.45, 2.75) is 19.4 Å². The van der Waals surface area contributed by atoms with Gasteiger partial charge < -0.3 is 9.47 Å². The molecule has 4 nitrogen and oxygen atoms in total. The lowest BCUT2D eigenvalue weighted by Crippen LogP contribution is -2.44. The summed E-state index contributed by atoms with van der Waals surface area (Å²) in [5, 5.41) is 0. The van der Waals surface area contributed by atoms with Crippen molar-refractivity contribution >= 4 is 5.78 Å². The number of nitrogens with zero attached hydrogens (tertiary/aromatic N) is 1. The van der Waals surface area contributed by atoms with Crippen molar-refractivity contribution in [1.29, 1.82) is 0 Å². The molecule has 0 aliphatic carbocycles. The third-order valence-corrected chi connectivity index (χ3v) is 3.44. The van der Waals surface area contributed by atoms with Crippen LogP contribution in [0.25, 0.3) is 0 Å². The van der Waals surface area contributed by atoms with E-state index in [2.05, 4.69) is 11.8 Å². The van der Waals surface area contributed by atoms with E-state index < -0.39 is 0 Å². The molecule has 0 saturated carbocycles. The number of carbonyl (C=O) groups excluding carboxylic acids is 1. The smallest absolute Gasteiger partial charge is 0.176 e. The molecule has 19 heavy (non-hydrogen) atoms. The molecule has 0 spiro atoms. The fraction of sp³-hybridized carbons (Fsp3) is 0.533. The number of Topliss-reactive ketones (excluding diaryl/α,β-unsaturated/α-hetero) is 1. The number of hydrogen-bond acceptors (Lipinski definition) is 4. The van der Waals surface area contributed by atoms with Crippen molar-refractivity contribution in [3.05, 3.63) is 29.8 Å². The van der Waals surface area contributed by atoms with Crippen LogP contribution >= 0.6 is 0 Å². The van der Waals surface area contributed by atoms with Gasteiger partial charge in [0.1, 0.15) is 5.75 Å². The molecule has 1 aliphatic rings. The minimum absolute atomic E-state index is 0.135. The number of benzene rings is 1. The highest BCUT2D eigenvalue weighted by Gasteiger charge is 2.21. The summed E-state index contributed by atoms with van der Waals surface area (Å²) >= 11 is 0. The molecule has 104 valence electrons. The van der Waals surface area contributed by atoms with Gasteiger partial charge in [0, 0.05) is 18.7 Å². The van der Waals surface area contributed by atoms with Crippen LogP contribution in [0, 0.1) is 0 Å². The number of carbonyl (C=O) groups is 1. The molecule has 1 fully saturated rings. The summed E-state index contributed by atoms with van der Waals surface area (Å²) in [5.41, 5.74) is 0.707. The molecule has 0 radical (unpaired) electrons. The molecule has 4 heteroatoms. The average molecular weight is 263 g/mol. The Morgan fingerprint density at radius 2 is 2.37 bits per heavy atom. The largest absolute Gasteiger partial charge is 0.497 e. The van der Waals surface area contributed by atoms with Crippen molar-refractivity contribution in [2.24, 2.45) is 0 Å². The lowest BCUT2D eigenvalue weighted by atomic mass is 10.1. The van der Waals surface area contributed by atoms with Crippen LogP contribution in [0.5, 0.6) is 5.75 Å². The van der Waals surface area contributed by atoms with E-state index in [1.165, 1.54) is 0 Å². The topological polar surface area (TPSA) is 38.8 Å². The monoisotopic (exact) mass is 263 g/mol. The lowest BCUT2D eigenvalue weighted by Gasteiger charge is -2.31.